The van der Waals surface area contributed by atoms with Crippen molar-refractivity contribution in [3.05, 3.63) is 51.9 Å². The molecule has 2 amide bonds. The molecule has 128 valence electrons. The van der Waals surface area contributed by atoms with Crippen molar-refractivity contribution < 1.29 is 9.59 Å². The maximum Gasteiger partial charge on any atom is 0.254 e. The fourth-order valence-electron chi connectivity index (χ4n) is 3.38. The quantitative estimate of drug-likeness (QED) is 0.838. The van der Waals surface area contributed by atoms with Crippen LogP contribution in [-0.4, -0.2) is 39.3 Å². The molecule has 3 heterocycles. The predicted octanol–water partition coefficient (Wildman–Crippen LogP) is 0.600. The van der Waals surface area contributed by atoms with Gasteiger partial charge in [0.2, 0.25) is 11.8 Å². The third-order valence-corrected chi connectivity index (χ3v) is 4.73. The zero-order valence-corrected chi connectivity index (χ0v) is 13.6. The lowest BCUT2D eigenvalue weighted by molar-refractivity contribution is -0.135. The lowest BCUT2D eigenvalue weighted by atomic mass is 10.0. The van der Waals surface area contributed by atoms with Crippen LogP contribution in [0.15, 0.2) is 35.1 Å². The first-order valence-electron chi connectivity index (χ1n) is 8.37. The molecule has 0 bridgehead atoms. The number of nitrogens with zero attached hydrogens (tertiary/aromatic N) is 2. The Morgan fingerprint density at radius 1 is 1.16 bits per heavy atom. The van der Waals surface area contributed by atoms with Crippen LogP contribution >= 0.6 is 0 Å². The Hall–Kier alpha value is -2.96. The third kappa shape index (κ3) is 2.93. The van der Waals surface area contributed by atoms with Crippen LogP contribution < -0.4 is 10.9 Å². The van der Waals surface area contributed by atoms with E-state index in [1.54, 1.807) is 4.90 Å². The first-order chi connectivity index (χ1) is 12.1. The Morgan fingerprint density at radius 2 is 1.96 bits per heavy atom. The fraction of sp³-hybridized carbons (Fsp3) is 0.333. The Kier molecular flexibility index (Phi) is 3.83. The minimum absolute atomic E-state index is 0.0864. The van der Waals surface area contributed by atoms with E-state index in [4.69, 9.17) is 0 Å². The van der Waals surface area contributed by atoms with Gasteiger partial charge in [-0.3, -0.25) is 14.4 Å². The zero-order valence-electron chi connectivity index (χ0n) is 13.6. The number of hydrogen-bond acceptors (Lipinski definition) is 4. The van der Waals surface area contributed by atoms with Gasteiger partial charge in [-0.2, -0.15) is 0 Å². The molecule has 1 aromatic carbocycles. The van der Waals surface area contributed by atoms with E-state index in [-0.39, 0.29) is 17.4 Å². The van der Waals surface area contributed by atoms with Crippen LogP contribution in [0.4, 0.5) is 0 Å². The van der Waals surface area contributed by atoms with E-state index in [2.05, 4.69) is 15.3 Å². The monoisotopic (exact) mass is 338 g/mol. The Bertz CT molecular complexity index is 891. The number of fused-ring (bicyclic) bond motifs is 1. The Morgan fingerprint density at radius 3 is 2.68 bits per heavy atom. The number of aromatic nitrogens is 2. The molecule has 1 fully saturated rings. The van der Waals surface area contributed by atoms with Gasteiger partial charge in [0.1, 0.15) is 11.9 Å². The maximum atomic E-state index is 12.6. The molecule has 0 aliphatic carbocycles. The summed E-state index contributed by atoms with van der Waals surface area (Å²) in [7, 11) is 0. The van der Waals surface area contributed by atoms with Crippen molar-refractivity contribution in [1.82, 2.24) is 20.2 Å². The second kappa shape index (κ2) is 6.16. The molecule has 0 saturated carbocycles. The van der Waals surface area contributed by atoms with Crippen molar-refractivity contribution in [2.45, 2.75) is 31.8 Å². The summed E-state index contributed by atoms with van der Waals surface area (Å²) in [5, 5.41) is 2.71. The normalized spacial score (nSPS) is 19.4. The van der Waals surface area contributed by atoms with Crippen LogP contribution in [0.2, 0.25) is 0 Å². The molecular formula is C18H18N4O3. The molecule has 0 spiro atoms. The molecule has 1 saturated heterocycles. The molecule has 2 aromatic rings. The lowest BCUT2D eigenvalue weighted by Crippen LogP contribution is -2.47. The number of aromatic amines is 1. The van der Waals surface area contributed by atoms with Gasteiger partial charge in [0.25, 0.3) is 5.56 Å². The smallest absolute Gasteiger partial charge is 0.254 e. The van der Waals surface area contributed by atoms with Gasteiger partial charge in [0.15, 0.2) is 0 Å². The number of nitrogens with one attached hydrogen (secondary N) is 2. The lowest BCUT2D eigenvalue weighted by Gasteiger charge is -2.29. The predicted molar refractivity (Wildman–Crippen MR) is 90.6 cm³/mol. The summed E-state index contributed by atoms with van der Waals surface area (Å²) in [5.74, 6) is 0.323. The van der Waals surface area contributed by atoms with Crippen LogP contribution in [0, 0.1) is 0 Å². The second-order valence-corrected chi connectivity index (χ2v) is 6.37. The standard InChI is InChI=1S/C18H18N4O3/c23-15-7-6-13(19-15)18(25)22-9-8-12-14(10-22)20-16(21-17(12)24)11-4-2-1-3-5-11/h1-5,13H,6-10H2,(H,19,23)(H,20,21,24)/t13-/m1/s1. The molecule has 4 rings (SSSR count). The molecular weight excluding hydrogens is 320 g/mol. The SMILES string of the molecule is O=C1CC[C@H](C(=O)N2CCc3c(nc(-c4ccccc4)[nH]c3=O)C2)N1. The molecule has 2 N–H and O–H groups in total. The van der Waals surface area contributed by atoms with Crippen molar-refractivity contribution in [3.8, 4) is 11.4 Å². The van der Waals surface area contributed by atoms with E-state index in [1.807, 2.05) is 30.3 Å². The number of rotatable bonds is 2. The first-order valence-corrected chi connectivity index (χ1v) is 8.37. The van der Waals surface area contributed by atoms with Gasteiger partial charge in [-0.15, -0.1) is 0 Å². The maximum absolute atomic E-state index is 12.6. The molecule has 7 nitrogen and oxygen atoms in total. The van der Waals surface area contributed by atoms with Gasteiger partial charge < -0.3 is 15.2 Å². The molecule has 0 radical (unpaired) electrons. The highest BCUT2D eigenvalue weighted by atomic mass is 16.2. The molecule has 7 heteroatoms. The zero-order chi connectivity index (χ0) is 17.4. The van der Waals surface area contributed by atoms with E-state index in [1.165, 1.54) is 0 Å². The fourth-order valence-corrected chi connectivity index (χ4v) is 3.38. The van der Waals surface area contributed by atoms with E-state index < -0.39 is 6.04 Å². The van der Waals surface area contributed by atoms with E-state index in [0.29, 0.717) is 49.4 Å². The van der Waals surface area contributed by atoms with E-state index in [9.17, 15) is 14.4 Å². The summed E-state index contributed by atoms with van der Waals surface area (Å²) in [5.41, 5.74) is 1.95. The van der Waals surface area contributed by atoms with Crippen LogP contribution in [-0.2, 0) is 22.6 Å². The topological polar surface area (TPSA) is 95.2 Å². The summed E-state index contributed by atoms with van der Waals surface area (Å²) < 4.78 is 0. The summed E-state index contributed by atoms with van der Waals surface area (Å²) in [6, 6.07) is 8.97. The van der Waals surface area contributed by atoms with Gasteiger partial charge in [-0.1, -0.05) is 30.3 Å². The van der Waals surface area contributed by atoms with Crippen LogP contribution in [0.1, 0.15) is 24.1 Å². The molecule has 0 unspecified atom stereocenters. The molecule has 2 aliphatic heterocycles. The van der Waals surface area contributed by atoms with Crippen molar-refractivity contribution in [1.29, 1.82) is 0 Å². The molecule has 25 heavy (non-hydrogen) atoms. The highest BCUT2D eigenvalue weighted by Gasteiger charge is 2.33. The molecule has 1 atom stereocenters. The summed E-state index contributed by atoms with van der Waals surface area (Å²) in [6.45, 7) is 0.762. The van der Waals surface area contributed by atoms with E-state index >= 15 is 0 Å². The first kappa shape index (κ1) is 15.6. The Labute approximate surface area is 144 Å². The average Bonchev–Trinajstić information content (AvgIpc) is 3.07. The van der Waals surface area contributed by atoms with Crippen molar-refractivity contribution in [2.75, 3.05) is 6.54 Å². The van der Waals surface area contributed by atoms with Crippen molar-refractivity contribution >= 4 is 11.8 Å². The number of amides is 2. The van der Waals surface area contributed by atoms with Crippen molar-refractivity contribution in [2.24, 2.45) is 0 Å². The van der Waals surface area contributed by atoms with E-state index in [0.717, 1.165) is 5.56 Å². The second-order valence-electron chi connectivity index (χ2n) is 6.37. The minimum Gasteiger partial charge on any atom is -0.344 e. The summed E-state index contributed by atoms with van der Waals surface area (Å²) in [6.07, 6.45) is 1.38. The minimum atomic E-state index is -0.454. The Balaban J connectivity index is 1.61. The van der Waals surface area contributed by atoms with Crippen LogP contribution in [0.25, 0.3) is 11.4 Å². The van der Waals surface area contributed by atoms with Gasteiger partial charge in [-0.05, 0) is 12.8 Å². The van der Waals surface area contributed by atoms with Gasteiger partial charge >= 0.3 is 0 Å². The number of hydrogen-bond donors (Lipinski definition) is 2. The number of benzene rings is 1. The van der Waals surface area contributed by atoms with Crippen molar-refractivity contribution in [3.63, 3.8) is 0 Å². The highest BCUT2D eigenvalue weighted by Crippen LogP contribution is 2.20. The van der Waals surface area contributed by atoms with Gasteiger partial charge in [0, 0.05) is 24.1 Å². The largest absolute Gasteiger partial charge is 0.344 e. The van der Waals surface area contributed by atoms with Gasteiger partial charge in [0.05, 0.1) is 12.2 Å². The third-order valence-electron chi connectivity index (χ3n) is 4.73. The van der Waals surface area contributed by atoms with Crippen LogP contribution in [0.3, 0.4) is 0 Å². The number of carbonyl (C=O) groups is 2. The average molecular weight is 338 g/mol. The summed E-state index contributed by atoms with van der Waals surface area (Å²) >= 11 is 0. The number of H-pyrrole nitrogens is 1. The van der Waals surface area contributed by atoms with Crippen LogP contribution in [0.5, 0.6) is 0 Å². The molecule has 1 aromatic heterocycles. The molecule has 2 aliphatic rings. The summed E-state index contributed by atoms with van der Waals surface area (Å²) in [4.78, 5) is 45.4. The number of carbonyl (C=O) groups excluding carboxylic acids is 2. The van der Waals surface area contributed by atoms with Gasteiger partial charge in [-0.25, -0.2) is 4.98 Å². The highest BCUT2D eigenvalue weighted by molar-refractivity contribution is 5.90.